The van der Waals surface area contributed by atoms with Crippen molar-refractivity contribution in [3.63, 3.8) is 0 Å². The van der Waals surface area contributed by atoms with Gasteiger partial charge in [0.15, 0.2) is 11.4 Å². The molecule has 5 rings (SSSR count). The number of hydrogen-bond donors (Lipinski definition) is 4. The van der Waals surface area contributed by atoms with Gasteiger partial charge in [0.2, 0.25) is 5.60 Å². The summed E-state index contributed by atoms with van der Waals surface area (Å²) < 4.78 is 94.4. The van der Waals surface area contributed by atoms with Crippen LogP contribution in [0.25, 0.3) is 20.8 Å². The van der Waals surface area contributed by atoms with Crippen LogP contribution in [0.1, 0.15) is 28.3 Å². The molecule has 3 heterocycles. The topological polar surface area (TPSA) is 208 Å². The number of hydrogen-bond acceptors (Lipinski definition) is 9. The third-order valence-corrected chi connectivity index (χ3v) is 7.83. The van der Waals surface area contributed by atoms with Crippen LogP contribution in [0.5, 0.6) is 0 Å². The van der Waals surface area contributed by atoms with E-state index in [0.717, 1.165) is 42.6 Å². The molecule has 23 heteroatoms. The van der Waals surface area contributed by atoms with E-state index in [-0.39, 0.29) is 35.4 Å². The van der Waals surface area contributed by atoms with E-state index in [9.17, 15) is 27.8 Å². The van der Waals surface area contributed by atoms with Crippen LogP contribution in [-0.2, 0) is 41.9 Å². The first-order valence-corrected chi connectivity index (χ1v) is 15.8. The predicted octanol–water partition coefficient (Wildman–Crippen LogP) is 4.77. The second-order valence-electron chi connectivity index (χ2n) is 9.96. The predicted molar refractivity (Wildman–Crippen MR) is 182 cm³/mol. The van der Waals surface area contributed by atoms with E-state index in [4.69, 9.17) is 22.4 Å². The van der Waals surface area contributed by atoms with Crippen molar-refractivity contribution < 1.29 is 66.1 Å². The van der Waals surface area contributed by atoms with Gasteiger partial charge in [0.25, 0.3) is 6.54 Å². The molecule has 3 aromatic heterocycles. The third kappa shape index (κ3) is 11.1. The number of aliphatic hydroxyl groups is 2. The monoisotopic (exact) mass is 895 g/mol. The Kier molecular flexibility index (Phi) is 18.8. The van der Waals surface area contributed by atoms with Gasteiger partial charge in [0.05, 0.1) is 6.42 Å². The van der Waals surface area contributed by atoms with Crippen molar-refractivity contribution in [2.24, 2.45) is 0 Å². The average Bonchev–Trinajstić information content (AvgIpc) is 3.63. The molecule has 0 aliphatic heterocycles. The molecule has 0 saturated heterocycles. The summed E-state index contributed by atoms with van der Waals surface area (Å²) in [7, 11) is 0. The molecule has 272 valence electrons. The first-order chi connectivity index (χ1) is 24.6. The Labute approximate surface area is 341 Å². The van der Waals surface area contributed by atoms with Gasteiger partial charge in [-0.3, -0.25) is 14.9 Å². The Bertz CT molecular complexity index is 1980. The molecule has 4 N–H and O–H groups in total. The summed E-state index contributed by atoms with van der Waals surface area (Å²) in [5.74, 6) is -10.1. The van der Waals surface area contributed by atoms with Crippen LogP contribution in [0.15, 0.2) is 94.1 Å². The summed E-state index contributed by atoms with van der Waals surface area (Å²) in [6.07, 6.45) is 1.54. The molecule has 2 aromatic carbocycles. The number of aromatic amines is 1. The Morgan fingerprint density at radius 1 is 0.774 bits per heavy atom. The molecule has 53 heavy (non-hydrogen) atoms. The minimum Gasteiger partial charge on any atom is -0.378 e. The van der Waals surface area contributed by atoms with Gasteiger partial charge in [-0.2, -0.15) is 22.8 Å². The van der Waals surface area contributed by atoms with Gasteiger partial charge in [-0.1, -0.05) is 41.6 Å². The number of halogens is 8. The number of pyridine rings is 2. The molecule has 0 fully saturated rings. The second kappa shape index (κ2) is 21.1. The summed E-state index contributed by atoms with van der Waals surface area (Å²) in [4.78, 5) is 11.6. The van der Waals surface area contributed by atoms with Crippen molar-refractivity contribution in [2.45, 2.75) is 29.5 Å². The summed E-state index contributed by atoms with van der Waals surface area (Å²) in [6.45, 7) is 5.83. The van der Waals surface area contributed by atoms with Gasteiger partial charge >= 0.3 is 41.4 Å². The largest absolute Gasteiger partial charge is 1.00 e. The number of alkyl halides is 4. The smallest absolute Gasteiger partial charge is 0.378 e. The van der Waals surface area contributed by atoms with Gasteiger partial charge < -0.3 is 26.1 Å². The fraction of sp³-hybridized carbons (Fsp3) is 0.200. The molecule has 2 unspecified atom stereocenters. The molecule has 0 aliphatic carbocycles. The first-order valence-electron chi connectivity index (χ1n) is 13.8. The molecule has 0 bridgehead atoms. The minimum atomic E-state index is -3.94. The van der Waals surface area contributed by atoms with Crippen LogP contribution in [-0.4, -0.2) is 47.3 Å². The van der Waals surface area contributed by atoms with E-state index in [1.165, 1.54) is 47.5 Å². The number of H-pyrrole nitrogens is 1. The van der Waals surface area contributed by atoms with Crippen molar-refractivity contribution >= 4 is 44.3 Å². The van der Waals surface area contributed by atoms with Gasteiger partial charge in [0, 0.05) is 44.9 Å². The first kappa shape index (κ1) is 47.1. The Balaban J connectivity index is 0.000000468. The van der Waals surface area contributed by atoms with Gasteiger partial charge in [-0.05, 0) is 68.3 Å². The fourth-order valence-corrected chi connectivity index (χ4v) is 4.94. The zero-order chi connectivity index (χ0) is 39.2. The number of nitrogens with one attached hydrogen (secondary N) is 2. The van der Waals surface area contributed by atoms with Crippen LogP contribution < -0.4 is 29.6 Å². The number of nitrogens with zero attached hydrogens (tertiary/aromatic N) is 9. The Morgan fingerprint density at radius 3 is 1.55 bits per heavy atom. The maximum absolute atomic E-state index is 15.2. The molecule has 0 aliphatic rings. The van der Waals surface area contributed by atoms with Crippen molar-refractivity contribution in [3.05, 3.63) is 162 Å². The minimum absolute atomic E-state index is 0. The van der Waals surface area contributed by atoms with Gasteiger partial charge in [-0.25, -0.2) is 20.1 Å². The summed E-state index contributed by atoms with van der Waals surface area (Å²) in [5, 5.41) is 34.0. The van der Waals surface area contributed by atoms with Gasteiger partial charge in [0.1, 0.15) is 23.0 Å². The normalized spacial score (nSPS) is 12.8. The van der Waals surface area contributed by atoms with Crippen molar-refractivity contribution in [2.75, 3.05) is 6.54 Å². The van der Waals surface area contributed by atoms with Crippen molar-refractivity contribution in [1.82, 2.24) is 30.6 Å². The second-order valence-corrected chi connectivity index (χ2v) is 11.8. The van der Waals surface area contributed by atoms with E-state index in [2.05, 4.69) is 79.7 Å². The quantitative estimate of drug-likeness (QED) is 0.0404. The number of benzene rings is 2. The summed E-state index contributed by atoms with van der Waals surface area (Å²) in [6, 6.07) is 14.1. The maximum Gasteiger partial charge on any atom is 1.00 e. The molecule has 0 radical (unpaired) electrons. The third-order valence-electron chi connectivity index (χ3n) is 6.89. The zero-order valence-corrected chi connectivity index (χ0v) is 32.8. The van der Waals surface area contributed by atoms with Crippen LogP contribution in [0.4, 0.5) is 26.3 Å². The average molecular weight is 897 g/mol. The molecule has 13 nitrogen and oxygen atoms in total. The Hall–Kier alpha value is -3.91. The van der Waals surface area contributed by atoms with E-state index >= 15 is 8.78 Å². The summed E-state index contributed by atoms with van der Waals surface area (Å²) >= 11 is 9.51. The van der Waals surface area contributed by atoms with Gasteiger partial charge in [-0.15, -0.1) is 10.2 Å². The van der Waals surface area contributed by atoms with Crippen molar-refractivity contribution in [3.8, 4) is 0 Å². The molecule has 0 saturated carbocycles. The van der Waals surface area contributed by atoms with Crippen LogP contribution in [0.3, 0.4) is 0 Å². The molecule has 0 amide bonds. The number of aromatic nitrogens is 6. The Morgan fingerprint density at radius 2 is 1.19 bits per heavy atom. The van der Waals surface area contributed by atoms with Crippen LogP contribution in [0, 0.1) is 23.0 Å². The zero-order valence-electron chi connectivity index (χ0n) is 26.8. The van der Waals surface area contributed by atoms with Crippen molar-refractivity contribution in [1.29, 1.82) is 4.78 Å². The molecule has 0 spiro atoms. The fourth-order valence-electron chi connectivity index (χ4n) is 4.47. The molecular weight excluding hydrogens is 875 g/mol. The SMILES string of the molecule is N=S.OC(Cc1nn[nH]n1)(c1ccccc1F)C(F)(F)c1ccc(Br)cn1.[C-]#[N+]CC(O)(c1ccccc1F)C(F)(F)c1ccc(Br)cn1.[N-]=[N+]=[N-].[Na+]. The van der Waals surface area contributed by atoms with Crippen LogP contribution in [0.2, 0.25) is 0 Å². The number of tetrazole rings is 1. The summed E-state index contributed by atoms with van der Waals surface area (Å²) in [5.41, 5.74) is 4.83. The van der Waals surface area contributed by atoms with E-state index < -0.39 is 70.2 Å². The molecule has 2 atom stereocenters. The molecular formula is C30H22Br2F6N11NaO2S. The van der Waals surface area contributed by atoms with E-state index in [1.54, 1.807) is 0 Å². The van der Waals surface area contributed by atoms with E-state index in [1.807, 2.05) is 0 Å². The maximum atomic E-state index is 15.2. The standard InChI is InChI=1S/C15H11BrF3N5O.C15H10BrF3N2O.N3.HNS.Na/c16-9-5-6-12(20-8-9)15(18,19)14(25,7-13-21-23-24-22-13)10-3-1-2-4-11(10)17;1-20-9-14(22,11-4-2-3-5-12(11)17)15(18,19)13-7-6-10(16)8-21-13;1-3-2;1-2;/h1-6,8,25H,7H2,(H,21,22,23,24);2-8,22H,9H2;;1H;/q;;-1;;+1. The van der Waals surface area contributed by atoms with E-state index in [0.29, 0.717) is 8.95 Å². The number of rotatable bonds is 9. The molecule has 5 aromatic rings. The van der Waals surface area contributed by atoms with Crippen LogP contribution >= 0.6 is 31.9 Å².